The molecule has 4 heteroatoms. The first-order chi connectivity index (χ1) is 7.24. The molecular formula is C11H16N2O2. The maximum absolute atomic E-state index is 11.5. The summed E-state index contributed by atoms with van der Waals surface area (Å²) in [6, 6.07) is 3.66. The van der Waals surface area contributed by atoms with Gasteiger partial charge in [0.05, 0.1) is 19.4 Å². The molecule has 0 fully saturated rings. The predicted molar refractivity (Wildman–Crippen MR) is 58.2 cm³/mol. The third-order valence-corrected chi connectivity index (χ3v) is 1.96. The fourth-order valence-electron chi connectivity index (χ4n) is 1.14. The molecule has 0 spiro atoms. The first kappa shape index (κ1) is 11.5. The van der Waals surface area contributed by atoms with Gasteiger partial charge in [-0.2, -0.15) is 0 Å². The molecule has 0 aliphatic heterocycles. The Morgan fingerprint density at radius 1 is 1.73 bits per heavy atom. The molecule has 0 atom stereocenters. The highest BCUT2D eigenvalue weighted by atomic mass is 16.3. The Hall–Kier alpha value is -1.55. The summed E-state index contributed by atoms with van der Waals surface area (Å²) in [5, 5.41) is 2.96. The molecule has 1 N–H and O–H groups in total. The van der Waals surface area contributed by atoms with E-state index in [0.717, 1.165) is 5.76 Å². The molecule has 0 unspecified atom stereocenters. The van der Waals surface area contributed by atoms with Crippen molar-refractivity contribution in [2.45, 2.75) is 6.54 Å². The minimum Gasteiger partial charge on any atom is -0.467 e. The molecule has 1 aromatic rings. The molecular weight excluding hydrogens is 192 g/mol. The summed E-state index contributed by atoms with van der Waals surface area (Å²) in [6.45, 7) is 5.02. The zero-order valence-electron chi connectivity index (χ0n) is 8.90. The van der Waals surface area contributed by atoms with Crippen LogP contribution in [0, 0.1) is 0 Å². The fraction of sp³-hybridized carbons (Fsp3) is 0.364. The van der Waals surface area contributed by atoms with E-state index in [0.29, 0.717) is 19.6 Å². The summed E-state index contributed by atoms with van der Waals surface area (Å²) in [5.41, 5.74) is 0. The van der Waals surface area contributed by atoms with Crippen LogP contribution in [0.4, 0.5) is 0 Å². The molecule has 0 saturated carbocycles. The minimum atomic E-state index is 0.0354. The quantitative estimate of drug-likeness (QED) is 0.560. The van der Waals surface area contributed by atoms with Crippen LogP contribution in [0.3, 0.4) is 0 Å². The van der Waals surface area contributed by atoms with Crippen LogP contribution in [0.25, 0.3) is 0 Å². The van der Waals surface area contributed by atoms with E-state index < -0.39 is 0 Å². The lowest BCUT2D eigenvalue weighted by atomic mass is 10.4. The van der Waals surface area contributed by atoms with Gasteiger partial charge in [-0.15, -0.1) is 6.58 Å². The highest BCUT2D eigenvalue weighted by Crippen LogP contribution is 2.03. The minimum absolute atomic E-state index is 0.0354. The van der Waals surface area contributed by atoms with Crippen molar-refractivity contribution in [3.8, 4) is 0 Å². The first-order valence-electron chi connectivity index (χ1n) is 4.82. The van der Waals surface area contributed by atoms with Gasteiger partial charge in [-0.3, -0.25) is 4.79 Å². The zero-order valence-corrected chi connectivity index (χ0v) is 8.90. The van der Waals surface area contributed by atoms with Crippen LogP contribution in [-0.4, -0.2) is 30.9 Å². The smallest absolute Gasteiger partial charge is 0.236 e. The average Bonchev–Trinajstić information content (AvgIpc) is 2.70. The van der Waals surface area contributed by atoms with Gasteiger partial charge in [0.2, 0.25) is 5.91 Å². The van der Waals surface area contributed by atoms with E-state index >= 15 is 0 Å². The number of carbonyl (C=O) groups excluding carboxylic acids is 1. The number of hydrogen-bond donors (Lipinski definition) is 1. The number of likely N-dealkylation sites (N-methyl/N-ethyl adjacent to an activating group) is 1. The van der Waals surface area contributed by atoms with Crippen molar-refractivity contribution in [1.82, 2.24) is 10.2 Å². The van der Waals surface area contributed by atoms with E-state index in [4.69, 9.17) is 4.42 Å². The van der Waals surface area contributed by atoms with Crippen molar-refractivity contribution in [2.24, 2.45) is 0 Å². The highest BCUT2D eigenvalue weighted by molar-refractivity contribution is 5.77. The fourth-order valence-corrected chi connectivity index (χ4v) is 1.14. The molecule has 15 heavy (non-hydrogen) atoms. The molecule has 1 amide bonds. The average molecular weight is 208 g/mol. The van der Waals surface area contributed by atoms with Crippen LogP contribution in [0.1, 0.15) is 5.76 Å². The SMILES string of the molecule is C=CCNCC(=O)N(C)Cc1ccco1. The topological polar surface area (TPSA) is 45.5 Å². The first-order valence-corrected chi connectivity index (χ1v) is 4.82. The van der Waals surface area contributed by atoms with Gasteiger partial charge in [0.1, 0.15) is 5.76 Å². The third-order valence-electron chi connectivity index (χ3n) is 1.96. The van der Waals surface area contributed by atoms with Gasteiger partial charge < -0.3 is 14.6 Å². The lowest BCUT2D eigenvalue weighted by Crippen LogP contribution is -2.35. The normalized spacial score (nSPS) is 9.93. The van der Waals surface area contributed by atoms with Crippen LogP contribution < -0.4 is 5.32 Å². The van der Waals surface area contributed by atoms with Crippen molar-refractivity contribution in [3.05, 3.63) is 36.8 Å². The predicted octanol–water partition coefficient (Wildman–Crippen LogP) is 1.01. The van der Waals surface area contributed by atoms with Crippen molar-refractivity contribution in [3.63, 3.8) is 0 Å². The summed E-state index contributed by atoms with van der Waals surface area (Å²) in [6.07, 6.45) is 3.32. The number of rotatable bonds is 6. The van der Waals surface area contributed by atoms with Gasteiger partial charge in [-0.05, 0) is 12.1 Å². The zero-order chi connectivity index (χ0) is 11.1. The maximum Gasteiger partial charge on any atom is 0.236 e. The standard InChI is InChI=1S/C11H16N2O2/c1-3-6-12-8-11(14)13(2)9-10-5-4-7-15-10/h3-5,7,12H,1,6,8-9H2,2H3. The number of hydrogen-bond acceptors (Lipinski definition) is 3. The molecule has 0 aliphatic carbocycles. The number of nitrogens with one attached hydrogen (secondary N) is 1. The lowest BCUT2D eigenvalue weighted by molar-refractivity contribution is -0.129. The summed E-state index contributed by atoms with van der Waals surface area (Å²) in [5.74, 6) is 0.822. The lowest BCUT2D eigenvalue weighted by Gasteiger charge is -2.15. The Morgan fingerprint density at radius 2 is 2.53 bits per heavy atom. The summed E-state index contributed by atoms with van der Waals surface area (Å²) in [7, 11) is 1.75. The monoisotopic (exact) mass is 208 g/mol. The number of furan rings is 1. The van der Waals surface area contributed by atoms with Gasteiger partial charge in [0, 0.05) is 13.6 Å². The van der Waals surface area contributed by atoms with E-state index in [1.54, 1.807) is 24.3 Å². The molecule has 1 heterocycles. The van der Waals surface area contributed by atoms with Gasteiger partial charge in [-0.25, -0.2) is 0 Å². The highest BCUT2D eigenvalue weighted by Gasteiger charge is 2.09. The third kappa shape index (κ3) is 3.99. The van der Waals surface area contributed by atoms with Crippen molar-refractivity contribution in [1.29, 1.82) is 0 Å². The van der Waals surface area contributed by atoms with Crippen molar-refractivity contribution in [2.75, 3.05) is 20.1 Å². The van der Waals surface area contributed by atoms with Gasteiger partial charge in [-0.1, -0.05) is 6.08 Å². The van der Waals surface area contributed by atoms with E-state index in [1.165, 1.54) is 0 Å². The van der Waals surface area contributed by atoms with Crippen LogP contribution in [0.15, 0.2) is 35.5 Å². The van der Waals surface area contributed by atoms with Gasteiger partial charge in [0.25, 0.3) is 0 Å². The Balaban J connectivity index is 2.30. The number of nitrogens with zero attached hydrogens (tertiary/aromatic N) is 1. The molecule has 0 aromatic carbocycles. The number of amides is 1. The molecule has 0 saturated heterocycles. The molecule has 0 bridgehead atoms. The van der Waals surface area contributed by atoms with Crippen LogP contribution in [-0.2, 0) is 11.3 Å². The Morgan fingerprint density at radius 3 is 3.13 bits per heavy atom. The Kier molecular flexibility index (Phi) is 4.63. The number of carbonyl (C=O) groups is 1. The van der Waals surface area contributed by atoms with Gasteiger partial charge in [0.15, 0.2) is 0 Å². The Bertz CT molecular complexity index is 306. The van der Waals surface area contributed by atoms with E-state index in [1.807, 2.05) is 12.1 Å². The second kappa shape index (κ2) is 6.03. The summed E-state index contributed by atoms with van der Waals surface area (Å²) >= 11 is 0. The van der Waals surface area contributed by atoms with E-state index in [9.17, 15) is 4.79 Å². The van der Waals surface area contributed by atoms with Crippen LogP contribution in [0.2, 0.25) is 0 Å². The molecule has 0 aliphatic rings. The van der Waals surface area contributed by atoms with Crippen LogP contribution >= 0.6 is 0 Å². The molecule has 0 radical (unpaired) electrons. The maximum atomic E-state index is 11.5. The van der Waals surface area contributed by atoms with Gasteiger partial charge >= 0.3 is 0 Å². The largest absolute Gasteiger partial charge is 0.467 e. The molecule has 4 nitrogen and oxygen atoms in total. The van der Waals surface area contributed by atoms with E-state index in [-0.39, 0.29) is 5.91 Å². The molecule has 1 aromatic heterocycles. The van der Waals surface area contributed by atoms with Crippen molar-refractivity contribution >= 4 is 5.91 Å². The molecule has 82 valence electrons. The summed E-state index contributed by atoms with van der Waals surface area (Å²) < 4.78 is 5.15. The Labute approximate surface area is 89.6 Å². The van der Waals surface area contributed by atoms with Crippen molar-refractivity contribution < 1.29 is 9.21 Å². The van der Waals surface area contributed by atoms with E-state index in [2.05, 4.69) is 11.9 Å². The van der Waals surface area contributed by atoms with Crippen LogP contribution in [0.5, 0.6) is 0 Å². The second-order valence-electron chi connectivity index (χ2n) is 3.25. The summed E-state index contributed by atoms with van der Waals surface area (Å²) in [4.78, 5) is 13.2. The second-order valence-corrected chi connectivity index (χ2v) is 3.25. The molecule has 1 rings (SSSR count).